The van der Waals surface area contributed by atoms with Crippen LogP contribution in [0.2, 0.25) is 0 Å². The average Bonchev–Trinajstić information content (AvgIpc) is 2.66. The lowest BCUT2D eigenvalue weighted by Crippen LogP contribution is -2.31. The molecule has 2 rings (SSSR count). The van der Waals surface area contributed by atoms with Gasteiger partial charge < -0.3 is 4.90 Å². The summed E-state index contributed by atoms with van der Waals surface area (Å²) >= 11 is -0.165. The van der Waals surface area contributed by atoms with Crippen molar-refractivity contribution in [1.82, 2.24) is 4.90 Å². The number of likely N-dealkylation sites (tertiary alicyclic amines) is 1. The third-order valence-corrected chi connectivity index (χ3v) is 3.97. The molecule has 110 valence electrons. The number of hydrogen-bond donors (Lipinski definition) is 0. The minimum Gasteiger partial charge on any atom is -0.339 e. The first-order valence-electron chi connectivity index (χ1n) is 6.61. The van der Waals surface area contributed by atoms with Gasteiger partial charge in [-0.05, 0) is 48.9 Å². The number of amides is 1. The third kappa shape index (κ3) is 4.44. The summed E-state index contributed by atoms with van der Waals surface area (Å²) in [4.78, 5) is 14.1. The number of benzene rings is 1. The first kappa shape index (κ1) is 15.2. The molecule has 0 aliphatic carbocycles. The number of alkyl halides is 3. The summed E-state index contributed by atoms with van der Waals surface area (Å²) in [6.07, 6.45) is 4.25. The molecule has 1 fully saturated rings. The van der Waals surface area contributed by atoms with E-state index < -0.39 is 5.51 Å². The van der Waals surface area contributed by atoms with Gasteiger partial charge in [-0.1, -0.05) is 12.8 Å². The first-order valence-corrected chi connectivity index (χ1v) is 7.42. The van der Waals surface area contributed by atoms with Crippen molar-refractivity contribution < 1.29 is 18.0 Å². The second-order valence-electron chi connectivity index (χ2n) is 4.78. The lowest BCUT2D eigenvalue weighted by molar-refractivity contribution is -0.0328. The molecule has 1 aliphatic rings. The summed E-state index contributed by atoms with van der Waals surface area (Å²) in [5, 5.41) is 0. The van der Waals surface area contributed by atoms with E-state index >= 15 is 0 Å². The number of nitrogens with zero attached hydrogens (tertiary/aromatic N) is 1. The summed E-state index contributed by atoms with van der Waals surface area (Å²) in [5.74, 6) is -0.0875. The molecule has 1 aliphatic heterocycles. The van der Waals surface area contributed by atoms with Crippen LogP contribution in [0.4, 0.5) is 13.2 Å². The Kier molecular flexibility index (Phi) is 4.96. The smallest absolute Gasteiger partial charge is 0.339 e. The van der Waals surface area contributed by atoms with Gasteiger partial charge >= 0.3 is 5.51 Å². The number of rotatable bonds is 2. The predicted molar refractivity (Wildman–Crippen MR) is 72.7 cm³/mol. The monoisotopic (exact) mass is 303 g/mol. The summed E-state index contributed by atoms with van der Waals surface area (Å²) in [6, 6.07) is 5.65. The maximum absolute atomic E-state index is 12.2. The van der Waals surface area contributed by atoms with Gasteiger partial charge in [-0.25, -0.2) is 0 Å². The van der Waals surface area contributed by atoms with Crippen LogP contribution in [0.1, 0.15) is 36.0 Å². The highest BCUT2D eigenvalue weighted by Gasteiger charge is 2.29. The van der Waals surface area contributed by atoms with Crippen LogP contribution in [0.25, 0.3) is 0 Å². The first-order chi connectivity index (χ1) is 9.46. The van der Waals surface area contributed by atoms with Gasteiger partial charge in [0.15, 0.2) is 0 Å². The molecule has 20 heavy (non-hydrogen) atoms. The van der Waals surface area contributed by atoms with Gasteiger partial charge in [-0.15, -0.1) is 0 Å². The van der Waals surface area contributed by atoms with Crippen molar-refractivity contribution in [2.45, 2.75) is 36.1 Å². The van der Waals surface area contributed by atoms with E-state index in [-0.39, 0.29) is 22.6 Å². The summed E-state index contributed by atoms with van der Waals surface area (Å²) in [6.45, 7) is 1.47. The van der Waals surface area contributed by atoms with Crippen LogP contribution in [-0.2, 0) is 0 Å². The second kappa shape index (κ2) is 6.52. The predicted octanol–water partition coefficient (Wildman–Crippen LogP) is 4.31. The van der Waals surface area contributed by atoms with Gasteiger partial charge in [-0.2, -0.15) is 13.2 Å². The molecule has 1 aromatic carbocycles. The van der Waals surface area contributed by atoms with Crippen LogP contribution in [0.3, 0.4) is 0 Å². The van der Waals surface area contributed by atoms with Crippen molar-refractivity contribution in [2.75, 3.05) is 13.1 Å². The van der Waals surface area contributed by atoms with E-state index in [9.17, 15) is 18.0 Å². The fourth-order valence-electron chi connectivity index (χ4n) is 2.26. The van der Waals surface area contributed by atoms with Crippen molar-refractivity contribution in [3.05, 3.63) is 29.8 Å². The molecule has 0 radical (unpaired) electrons. The SMILES string of the molecule is O=C(c1ccc(SC(F)(F)F)cc1)N1CCCCCC1. The number of carbonyl (C=O) groups excluding carboxylic acids is 1. The zero-order chi connectivity index (χ0) is 14.6. The fourth-order valence-corrected chi connectivity index (χ4v) is 2.79. The lowest BCUT2D eigenvalue weighted by Gasteiger charge is -2.20. The Morgan fingerprint density at radius 3 is 2.05 bits per heavy atom. The van der Waals surface area contributed by atoms with Crippen LogP contribution < -0.4 is 0 Å². The van der Waals surface area contributed by atoms with Gasteiger partial charge in [0.05, 0.1) is 0 Å². The number of halogens is 3. The molecule has 1 heterocycles. The highest BCUT2D eigenvalue weighted by molar-refractivity contribution is 8.00. The highest BCUT2D eigenvalue weighted by atomic mass is 32.2. The largest absolute Gasteiger partial charge is 0.446 e. The highest BCUT2D eigenvalue weighted by Crippen LogP contribution is 2.36. The Balaban J connectivity index is 2.03. The Bertz CT molecular complexity index is 450. The number of thioether (sulfide) groups is 1. The molecule has 1 saturated heterocycles. The van der Waals surface area contributed by atoms with Crippen molar-refractivity contribution in [1.29, 1.82) is 0 Å². The third-order valence-electron chi connectivity index (χ3n) is 3.23. The van der Waals surface area contributed by atoms with Crippen molar-refractivity contribution in [2.24, 2.45) is 0 Å². The summed E-state index contributed by atoms with van der Waals surface area (Å²) < 4.78 is 36.7. The van der Waals surface area contributed by atoms with Gasteiger partial charge in [0, 0.05) is 23.5 Å². The molecule has 0 saturated carbocycles. The molecule has 0 N–H and O–H groups in total. The Morgan fingerprint density at radius 2 is 1.55 bits per heavy atom. The van der Waals surface area contributed by atoms with Crippen LogP contribution in [0.15, 0.2) is 29.2 Å². The van der Waals surface area contributed by atoms with Crippen LogP contribution in [0.5, 0.6) is 0 Å². The van der Waals surface area contributed by atoms with Crippen LogP contribution >= 0.6 is 11.8 Å². The van der Waals surface area contributed by atoms with E-state index in [1.54, 1.807) is 4.90 Å². The molecule has 6 heteroatoms. The van der Waals surface area contributed by atoms with E-state index in [1.165, 1.54) is 24.3 Å². The van der Waals surface area contributed by atoms with Crippen molar-refractivity contribution in [3.8, 4) is 0 Å². The molecule has 2 nitrogen and oxygen atoms in total. The fraction of sp³-hybridized carbons (Fsp3) is 0.500. The maximum Gasteiger partial charge on any atom is 0.446 e. The van der Waals surface area contributed by atoms with Gasteiger partial charge in [0.25, 0.3) is 5.91 Å². The van der Waals surface area contributed by atoms with E-state index in [0.29, 0.717) is 5.56 Å². The molecular weight excluding hydrogens is 287 g/mol. The van der Waals surface area contributed by atoms with Gasteiger partial charge in [-0.3, -0.25) is 4.79 Å². The minimum absolute atomic E-state index is 0.0875. The quantitative estimate of drug-likeness (QED) is 0.759. The topological polar surface area (TPSA) is 20.3 Å². The normalized spacial score (nSPS) is 16.9. The molecule has 0 spiro atoms. The second-order valence-corrected chi connectivity index (χ2v) is 5.92. The summed E-state index contributed by atoms with van der Waals surface area (Å²) in [7, 11) is 0. The molecule has 0 atom stereocenters. The number of carbonyl (C=O) groups is 1. The van der Waals surface area contributed by atoms with E-state index in [2.05, 4.69) is 0 Å². The lowest BCUT2D eigenvalue weighted by atomic mass is 10.2. The zero-order valence-electron chi connectivity index (χ0n) is 10.9. The maximum atomic E-state index is 12.2. The van der Waals surface area contributed by atoms with Crippen LogP contribution in [-0.4, -0.2) is 29.4 Å². The molecule has 0 aromatic heterocycles. The summed E-state index contributed by atoms with van der Waals surface area (Å²) in [5.41, 5.74) is -3.84. The molecular formula is C14H16F3NOS. The molecule has 0 bridgehead atoms. The van der Waals surface area contributed by atoms with Gasteiger partial charge in [0.1, 0.15) is 0 Å². The average molecular weight is 303 g/mol. The Hall–Kier alpha value is -1.17. The van der Waals surface area contributed by atoms with Crippen molar-refractivity contribution in [3.63, 3.8) is 0 Å². The Labute approximate surface area is 120 Å². The molecule has 1 amide bonds. The molecule has 1 aromatic rings. The number of hydrogen-bond acceptors (Lipinski definition) is 2. The van der Waals surface area contributed by atoms with Crippen molar-refractivity contribution >= 4 is 17.7 Å². The zero-order valence-corrected chi connectivity index (χ0v) is 11.8. The molecule has 0 unspecified atom stereocenters. The van der Waals surface area contributed by atoms with E-state index in [1.807, 2.05) is 0 Å². The van der Waals surface area contributed by atoms with E-state index in [4.69, 9.17) is 0 Å². The Morgan fingerprint density at radius 1 is 1.00 bits per heavy atom. The standard InChI is InChI=1S/C14H16F3NOS/c15-14(16,17)20-12-7-5-11(6-8-12)13(19)18-9-3-1-2-4-10-18/h5-8H,1-4,9-10H2. The van der Waals surface area contributed by atoms with Gasteiger partial charge in [0.2, 0.25) is 0 Å². The minimum atomic E-state index is -4.30. The van der Waals surface area contributed by atoms with E-state index in [0.717, 1.165) is 38.8 Å². The van der Waals surface area contributed by atoms with Crippen LogP contribution in [0, 0.1) is 0 Å².